The van der Waals surface area contributed by atoms with Gasteiger partial charge in [-0.25, -0.2) is 0 Å². The maximum Gasteiger partial charge on any atom is 0.128 e. The molecule has 0 saturated heterocycles. The van der Waals surface area contributed by atoms with E-state index in [1.807, 2.05) is 48.7 Å². The molecule has 0 saturated carbocycles. The molecule has 3 nitrogen and oxygen atoms in total. The lowest BCUT2D eigenvalue weighted by Gasteiger charge is -2.07. The lowest BCUT2D eigenvalue weighted by Crippen LogP contribution is -2.06. The fourth-order valence-corrected chi connectivity index (χ4v) is 7.21. The molecule has 0 bridgehead atoms. The predicted octanol–water partition coefficient (Wildman–Crippen LogP) is 5.48. The Morgan fingerprint density at radius 3 is 2.09 bits per heavy atom. The average molecular weight is 449 g/mol. The van der Waals surface area contributed by atoms with E-state index < -0.39 is 0 Å². The first-order chi connectivity index (χ1) is 15.5. The first-order valence-corrected chi connectivity index (χ1v) is 12.2. The number of hydrogen-bond acceptors (Lipinski definition) is 5. The molecule has 0 spiro atoms. The highest BCUT2D eigenvalue weighted by molar-refractivity contribution is 7.27. The van der Waals surface area contributed by atoms with Gasteiger partial charge in [0.2, 0.25) is 0 Å². The molecule has 2 aromatic heterocycles. The van der Waals surface area contributed by atoms with Crippen LogP contribution in [0.25, 0.3) is 41.7 Å². The molecular weight excluding hydrogens is 429 g/mol. The van der Waals surface area contributed by atoms with E-state index >= 15 is 0 Å². The number of nitrogens with one attached hydrogen (secondary N) is 1. The summed E-state index contributed by atoms with van der Waals surface area (Å²) in [5.74, 6) is 0. The second-order valence-electron chi connectivity index (χ2n) is 8.25. The summed E-state index contributed by atoms with van der Waals surface area (Å²) in [7, 11) is 8.08. The predicted molar refractivity (Wildman–Crippen MR) is 141 cm³/mol. The normalized spacial score (nSPS) is 13.5. The van der Waals surface area contributed by atoms with Crippen LogP contribution in [-0.4, -0.2) is 14.9 Å². The molecule has 2 radical (unpaired) electrons. The fraction of sp³-hybridized carbons (Fsp3) is 0.154. The van der Waals surface area contributed by atoms with Gasteiger partial charge in [0.05, 0.1) is 11.0 Å². The van der Waals surface area contributed by atoms with E-state index in [1.165, 1.54) is 52.3 Å². The molecule has 0 atom stereocenters. The summed E-state index contributed by atoms with van der Waals surface area (Å²) in [4.78, 5) is 5.99. The number of aryl methyl sites for hydroxylation is 3. The van der Waals surface area contributed by atoms with Crippen molar-refractivity contribution in [3.8, 4) is 0 Å². The molecule has 6 heteroatoms. The van der Waals surface area contributed by atoms with Crippen molar-refractivity contribution < 1.29 is 0 Å². The molecule has 6 aromatic rings. The molecule has 0 aliphatic heterocycles. The Morgan fingerprint density at radius 1 is 0.781 bits per heavy atom. The summed E-state index contributed by atoms with van der Waals surface area (Å²) in [5, 5.41) is 14.4. The first kappa shape index (κ1) is 19.7. The lowest BCUT2D eigenvalue weighted by molar-refractivity contribution is 1.25. The Labute approximate surface area is 194 Å². The van der Waals surface area contributed by atoms with Gasteiger partial charge in [-0.2, -0.15) is 16.4 Å². The quantitative estimate of drug-likeness (QED) is 0.276. The van der Waals surface area contributed by atoms with Gasteiger partial charge in [0.1, 0.15) is 13.2 Å². The Kier molecular flexibility index (Phi) is 4.33. The number of rotatable bonds is 2. The molecule has 0 aliphatic rings. The molecule has 0 fully saturated rings. The van der Waals surface area contributed by atoms with E-state index in [9.17, 15) is 0 Å². The molecule has 0 amide bonds. The number of para-hydroxylation sites is 1. The molecule has 1 N–H and O–H groups in total. The van der Waals surface area contributed by atoms with Crippen LogP contribution in [0.5, 0.6) is 0 Å². The fourth-order valence-electron chi connectivity index (χ4n) is 5.06. The van der Waals surface area contributed by atoms with Gasteiger partial charge in [0, 0.05) is 53.6 Å². The van der Waals surface area contributed by atoms with Crippen molar-refractivity contribution in [1.29, 1.82) is 0 Å². The van der Waals surface area contributed by atoms with E-state index in [2.05, 4.69) is 38.3 Å². The zero-order valence-electron chi connectivity index (χ0n) is 18.3. The molecule has 0 unspecified atom stereocenters. The number of hydrogen-bond donors (Lipinski definition) is 1. The van der Waals surface area contributed by atoms with E-state index in [4.69, 9.17) is 17.9 Å². The van der Waals surface area contributed by atoms with E-state index in [-0.39, 0.29) is 0 Å². The highest BCUT2D eigenvalue weighted by Crippen LogP contribution is 2.41. The maximum atomic E-state index is 6.20. The van der Waals surface area contributed by atoms with Gasteiger partial charge < -0.3 is 0 Å². The van der Waals surface area contributed by atoms with E-state index in [0.29, 0.717) is 0 Å². The van der Waals surface area contributed by atoms with Gasteiger partial charge in [-0.15, -0.1) is 11.3 Å². The number of thiophene rings is 2. The zero-order chi connectivity index (χ0) is 22.1. The highest BCUT2D eigenvalue weighted by atomic mass is 32.1. The number of benzene rings is 2. The van der Waals surface area contributed by atoms with Gasteiger partial charge in [-0.1, -0.05) is 18.2 Å². The van der Waals surface area contributed by atoms with Crippen molar-refractivity contribution in [2.45, 2.75) is 20.8 Å². The largest absolute Gasteiger partial charge is 0.287 e. The Hall–Kier alpha value is -2.96. The Morgan fingerprint density at radius 2 is 1.41 bits per heavy atom. The SMILES string of the molecule is [B]c1cc2c(=NC)c3c(C)c4c(c(C)c3c2s1)/c(=N/Nc1ccccc1)c1cc(C)sc14. The van der Waals surface area contributed by atoms with Crippen LogP contribution in [0.15, 0.2) is 52.6 Å². The lowest BCUT2D eigenvalue weighted by atomic mass is 9.98. The van der Waals surface area contributed by atoms with E-state index in [1.54, 1.807) is 11.3 Å². The van der Waals surface area contributed by atoms with Gasteiger partial charge in [0.25, 0.3) is 0 Å². The number of nitrogens with zero attached hydrogens (tertiary/aromatic N) is 2. The Bertz CT molecular complexity index is 1800. The Balaban J connectivity index is 1.84. The van der Waals surface area contributed by atoms with Gasteiger partial charge in [0.15, 0.2) is 0 Å². The maximum absolute atomic E-state index is 6.20. The van der Waals surface area contributed by atoms with Crippen molar-refractivity contribution in [3.63, 3.8) is 0 Å². The van der Waals surface area contributed by atoms with Crippen LogP contribution < -0.4 is 20.9 Å². The molecule has 32 heavy (non-hydrogen) atoms. The average Bonchev–Trinajstić information content (AvgIpc) is 3.48. The van der Waals surface area contributed by atoms with Crippen LogP contribution in [0.4, 0.5) is 5.69 Å². The first-order valence-electron chi connectivity index (χ1n) is 10.5. The van der Waals surface area contributed by atoms with Crippen molar-refractivity contribution in [2.75, 3.05) is 12.5 Å². The third-order valence-corrected chi connectivity index (χ3v) is 8.39. The summed E-state index contributed by atoms with van der Waals surface area (Å²) in [6.45, 7) is 6.62. The monoisotopic (exact) mass is 449 g/mol. The highest BCUT2D eigenvalue weighted by Gasteiger charge is 2.23. The van der Waals surface area contributed by atoms with Crippen LogP contribution in [0.2, 0.25) is 0 Å². The molecule has 6 rings (SSSR count). The topological polar surface area (TPSA) is 36.8 Å². The minimum atomic E-state index is 0.828. The zero-order valence-corrected chi connectivity index (χ0v) is 20.0. The number of fused-ring (bicyclic) bond motifs is 6. The van der Waals surface area contributed by atoms with Crippen LogP contribution in [0.1, 0.15) is 16.0 Å². The standard InChI is InChI=1S/C26H20BN3S2/c1-12-10-16-24(30-29-15-8-6-5-7-9-15)20-14(3)21-19(13(2)22(20)25(16)31-12)23(28-4)17-11-18(27)32-26(17)21/h5-11,29H,1-4H3/b28-23?,30-24+. The second-order valence-corrected chi connectivity index (χ2v) is 10.6. The second kappa shape index (κ2) is 7.02. The summed E-state index contributed by atoms with van der Waals surface area (Å²) in [6, 6.07) is 14.4. The smallest absolute Gasteiger partial charge is 0.128 e. The molecule has 4 aromatic carbocycles. The van der Waals surface area contributed by atoms with Crippen molar-refractivity contribution >= 4 is 82.7 Å². The molecule has 154 valence electrons. The summed E-state index contributed by atoms with van der Waals surface area (Å²) in [6.07, 6.45) is 0. The van der Waals surface area contributed by atoms with Gasteiger partial charge >= 0.3 is 0 Å². The minimum Gasteiger partial charge on any atom is -0.287 e. The van der Waals surface area contributed by atoms with Crippen LogP contribution in [-0.2, 0) is 0 Å². The molecular formula is C26H20BN3S2. The van der Waals surface area contributed by atoms with Crippen molar-refractivity contribution in [2.24, 2.45) is 10.1 Å². The van der Waals surface area contributed by atoms with E-state index in [0.717, 1.165) is 26.6 Å². The van der Waals surface area contributed by atoms with Crippen LogP contribution >= 0.6 is 22.7 Å². The third-order valence-electron chi connectivity index (χ3n) is 6.34. The molecule has 2 heterocycles. The molecule has 0 aliphatic carbocycles. The summed E-state index contributed by atoms with van der Waals surface area (Å²) < 4.78 is 3.36. The van der Waals surface area contributed by atoms with Crippen molar-refractivity contribution in [3.05, 3.63) is 69.2 Å². The van der Waals surface area contributed by atoms with Gasteiger partial charge in [-0.3, -0.25) is 10.4 Å². The van der Waals surface area contributed by atoms with Gasteiger partial charge in [-0.05, 0) is 60.9 Å². The number of anilines is 1. The van der Waals surface area contributed by atoms with Crippen LogP contribution in [0, 0.1) is 20.8 Å². The van der Waals surface area contributed by atoms with Crippen LogP contribution in [0.3, 0.4) is 0 Å². The summed E-state index contributed by atoms with van der Waals surface area (Å²) in [5.41, 5.74) is 6.79. The third kappa shape index (κ3) is 2.60. The summed E-state index contributed by atoms with van der Waals surface area (Å²) >= 11 is 3.50. The van der Waals surface area contributed by atoms with Crippen molar-refractivity contribution in [1.82, 2.24) is 0 Å². The minimum absolute atomic E-state index is 0.828.